The van der Waals surface area contributed by atoms with Crippen molar-refractivity contribution in [3.05, 3.63) is 60.0 Å². The van der Waals surface area contributed by atoms with Crippen molar-refractivity contribution in [2.24, 2.45) is 0 Å². The minimum absolute atomic E-state index is 0. The molecule has 1 radical (unpaired) electrons. The van der Waals surface area contributed by atoms with Gasteiger partial charge in [-0.05, 0) is 28.8 Å². The number of aryl methyl sites for hydroxylation is 1. The first-order valence-corrected chi connectivity index (χ1v) is 5.89. The molecule has 0 saturated heterocycles. The highest BCUT2D eigenvalue weighted by atomic mass is 14.2. The molecule has 0 heteroatoms. The SMILES string of the molecule is CC.Cc1ccc2cccc(C3=C[CH]3)c2c1.[HH]. The van der Waals surface area contributed by atoms with Gasteiger partial charge in [0.05, 0.1) is 0 Å². The van der Waals surface area contributed by atoms with E-state index in [4.69, 9.17) is 0 Å². The van der Waals surface area contributed by atoms with Crippen LogP contribution in [0.4, 0.5) is 0 Å². The van der Waals surface area contributed by atoms with Crippen molar-refractivity contribution in [2.75, 3.05) is 0 Å². The van der Waals surface area contributed by atoms with E-state index >= 15 is 0 Å². The third kappa shape index (κ3) is 2.01. The number of rotatable bonds is 1. The van der Waals surface area contributed by atoms with E-state index in [-0.39, 0.29) is 1.43 Å². The quantitative estimate of drug-likeness (QED) is 0.621. The highest BCUT2D eigenvalue weighted by molar-refractivity contribution is 6.01. The van der Waals surface area contributed by atoms with Crippen molar-refractivity contribution >= 4 is 16.3 Å². The monoisotopic (exact) mass is 211 g/mol. The molecule has 3 rings (SSSR count). The first-order valence-electron chi connectivity index (χ1n) is 5.89. The van der Waals surface area contributed by atoms with Crippen molar-refractivity contribution in [1.29, 1.82) is 0 Å². The Balaban J connectivity index is 0.000000459. The summed E-state index contributed by atoms with van der Waals surface area (Å²) >= 11 is 0. The molecule has 0 bridgehead atoms. The highest BCUT2D eigenvalue weighted by Gasteiger charge is 2.12. The Hall–Kier alpha value is -1.56. The molecule has 1 aliphatic rings. The molecular formula is C16H19. The molecule has 0 N–H and O–H groups in total. The van der Waals surface area contributed by atoms with Crippen molar-refractivity contribution < 1.29 is 1.43 Å². The van der Waals surface area contributed by atoms with Crippen LogP contribution in [0.3, 0.4) is 0 Å². The van der Waals surface area contributed by atoms with Crippen LogP contribution in [0.5, 0.6) is 0 Å². The number of allylic oxidation sites excluding steroid dienone is 2. The summed E-state index contributed by atoms with van der Waals surface area (Å²) in [5, 5.41) is 2.70. The number of fused-ring (bicyclic) bond motifs is 1. The molecule has 0 unspecified atom stereocenters. The van der Waals surface area contributed by atoms with E-state index in [0.717, 1.165) is 0 Å². The molecule has 0 fully saturated rings. The molecule has 2 aromatic rings. The van der Waals surface area contributed by atoms with Gasteiger partial charge in [-0.2, -0.15) is 0 Å². The first-order chi connectivity index (χ1) is 7.84. The average molecular weight is 211 g/mol. The fraction of sp³-hybridized carbons (Fsp3) is 0.188. The molecule has 2 aromatic carbocycles. The predicted molar refractivity (Wildman–Crippen MR) is 74.4 cm³/mol. The molecule has 83 valence electrons. The van der Waals surface area contributed by atoms with Crippen LogP contribution in [0, 0.1) is 13.3 Å². The maximum atomic E-state index is 2.26. The highest BCUT2D eigenvalue weighted by Crippen LogP contribution is 2.34. The number of hydrogen-bond donors (Lipinski definition) is 0. The van der Waals surface area contributed by atoms with Crippen molar-refractivity contribution in [3.63, 3.8) is 0 Å². The Morgan fingerprint density at radius 2 is 1.75 bits per heavy atom. The molecule has 0 aliphatic heterocycles. The average Bonchev–Trinajstić information content (AvgIpc) is 3.15. The van der Waals surface area contributed by atoms with Crippen molar-refractivity contribution in [1.82, 2.24) is 0 Å². The molecule has 0 saturated carbocycles. The summed E-state index contributed by atoms with van der Waals surface area (Å²) in [7, 11) is 0. The lowest BCUT2D eigenvalue weighted by Gasteiger charge is -2.04. The molecule has 1 aliphatic carbocycles. The molecule has 0 amide bonds. The van der Waals surface area contributed by atoms with Gasteiger partial charge in [0, 0.05) is 7.85 Å². The van der Waals surface area contributed by atoms with E-state index in [1.165, 1.54) is 27.5 Å². The van der Waals surface area contributed by atoms with Crippen LogP contribution in [0.15, 0.2) is 42.5 Å². The van der Waals surface area contributed by atoms with Crippen LogP contribution < -0.4 is 0 Å². The summed E-state index contributed by atoms with van der Waals surface area (Å²) in [6.45, 7) is 6.14. The normalized spacial score (nSPS) is 12.8. The van der Waals surface area contributed by atoms with Crippen LogP contribution in [0.25, 0.3) is 16.3 Å². The van der Waals surface area contributed by atoms with E-state index in [1.54, 1.807) is 0 Å². The van der Waals surface area contributed by atoms with Crippen LogP contribution >= 0.6 is 0 Å². The van der Waals surface area contributed by atoms with E-state index in [1.807, 2.05) is 13.8 Å². The maximum absolute atomic E-state index is 2.26. The van der Waals surface area contributed by atoms with Gasteiger partial charge in [0.2, 0.25) is 0 Å². The maximum Gasteiger partial charge on any atom is 0.0131 e. The fourth-order valence-corrected chi connectivity index (χ4v) is 1.86. The molecule has 16 heavy (non-hydrogen) atoms. The topological polar surface area (TPSA) is 0 Å². The molecule has 0 aromatic heterocycles. The lowest BCUT2D eigenvalue weighted by atomic mass is 10.0. The third-order valence-electron chi connectivity index (χ3n) is 2.68. The second-order valence-electron chi connectivity index (χ2n) is 3.82. The largest absolute Gasteiger partial charge is 0.0716 e. The van der Waals surface area contributed by atoms with E-state index in [9.17, 15) is 0 Å². The summed E-state index contributed by atoms with van der Waals surface area (Å²) in [4.78, 5) is 0. The zero-order valence-corrected chi connectivity index (χ0v) is 10.1. The Bertz CT molecular complexity index is 538. The summed E-state index contributed by atoms with van der Waals surface area (Å²) < 4.78 is 0. The molecule has 0 spiro atoms. The van der Waals surface area contributed by atoms with Crippen LogP contribution in [0.1, 0.15) is 26.4 Å². The van der Waals surface area contributed by atoms with Gasteiger partial charge in [0.1, 0.15) is 0 Å². The molecule has 0 atom stereocenters. The van der Waals surface area contributed by atoms with E-state index in [2.05, 4.69) is 55.8 Å². The number of hydrogen-bond acceptors (Lipinski definition) is 0. The lowest BCUT2D eigenvalue weighted by molar-refractivity contribution is 1.50. The summed E-state index contributed by atoms with van der Waals surface area (Å²) in [5.74, 6) is 0. The summed E-state index contributed by atoms with van der Waals surface area (Å²) in [6, 6.07) is 13.1. The van der Waals surface area contributed by atoms with Gasteiger partial charge in [-0.1, -0.05) is 61.9 Å². The zero-order chi connectivity index (χ0) is 11.5. The third-order valence-corrected chi connectivity index (χ3v) is 2.68. The second-order valence-corrected chi connectivity index (χ2v) is 3.82. The molecule has 0 nitrogen and oxygen atoms in total. The molecular weight excluding hydrogens is 192 g/mol. The lowest BCUT2D eigenvalue weighted by Crippen LogP contribution is -1.80. The minimum Gasteiger partial charge on any atom is -0.0716 e. The Morgan fingerprint density at radius 3 is 2.44 bits per heavy atom. The van der Waals surface area contributed by atoms with Gasteiger partial charge >= 0.3 is 0 Å². The second kappa shape index (κ2) is 4.52. The van der Waals surface area contributed by atoms with Gasteiger partial charge in [-0.15, -0.1) is 0 Å². The van der Waals surface area contributed by atoms with Gasteiger partial charge in [0.25, 0.3) is 0 Å². The van der Waals surface area contributed by atoms with Crippen LogP contribution in [-0.2, 0) is 0 Å². The summed E-state index contributed by atoms with van der Waals surface area (Å²) in [5.41, 5.74) is 4.07. The van der Waals surface area contributed by atoms with Gasteiger partial charge < -0.3 is 0 Å². The Labute approximate surface area is 99.1 Å². The number of benzene rings is 2. The standard InChI is InChI=1S/C14H11.C2H6.H2/c1-10-5-6-11-3-2-4-13(12-7-8-12)14(11)9-10;1-2;/h2-9H,1H3;1-2H3;1H. The first kappa shape index (κ1) is 10.9. The Kier molecular flexibility index (Phi) is 3.09. The van der Waals surface area contributed by atoms with E-state index < -0.39 is 0 Å². The zero-order valence-electron chi connectivity index (χ0n) is 10.1. The smallest absolute Gasteiger partial charge is 0.0131 e. The van der Waals surface area contributed by atoms with Crippen LogP contribution in [0.2, 0.25) is 0 Å². The predicted octanol–water partition coefficient (Wildman–Crippen LogP) is 5.02. The molecule has 0 heterocycles. The minimum atomic E-state index is 0. The van der Waals surface area contributed by atoms with E-state index in [0.29, 0.717) is 0 Å². The van der Waals surface area contributed by atoms with Crippen molar-refractivity contribution in [3.8, 4) is 0 Å². The summed E-state index contributed by atoms with van der Waals surface area (Å²) in [6.07, 6.45) is 4.33. The van der Waals surface area contributed by atoms with Gasteiger partial charge in [-0.25, -0.2) is 0 Å². The Morgan fingerprint density at radius 1 is 1.00 bits per heavy atom. The van der Waals surface area contributed by atoms with Crippen molar-refractivity contribution in [2.45, 2.75) is 20.8 Å². The van der Waals surface area contributed by atoms with Gasteiger partial charge in [-0.3, -0.25) is 0 Å². The van der Waals surface area contributed by atoms with Crippen LogP contribution in [-0.4, -0.2) is 0 Å². The van der Waals surface area contributed by atoms with Gasteiger partial charge in [0.15, 0.2) is 0 Å². The fourth-order valence-electron chi connectivity index (χ4n) is 1.86.